The highest BCUT2D eigenvalue weighted by Crippen LogP contribution is 2.01. The average Bonchev–Trinajstić information content (AvgIpc) is 1.63. The Morgan fingerprint density at radius 1 is 1.44 bits per heavy atom. The number of rotatable bonds is 2. The van der Waals surface area contributed by atoms with E-state index in [1.807, 2.05) is 0 Å². The molecule has 0 radical (unpaired) electrons. The minimum atomic E-state index is -1.34. The van der Waals surface area contributed by atoms with Crippen molar-refractivity contribution >= 4 is 30.9 Å². The molecule has 0 bridgehead atoms. The van der Waals surface area contributed by atoms with Crippen molar-refractivity contribution in [2.75, 3.05) is 0 Å². The topological polar surface area (TPSA) is 9.23 Å². The van der Waals surface area contributed by atoms with Crippen LogP contribution < -0.4 is 0 Å². The highest BCUT2D eigenvalue weighted by molar-refractivity contribution is 14.1. The van der Waals surface area contributed by atoms with Crippen LogP contribution >= 0.6 is 22.6 Å². The first-order chi connectivity index (χ1) is 4.06. The number of hydrogen-bond acceptors (Lipinski definition) is 1. The maximum absolute atomic E-state index is 5.34. The Labute approximate surface area is 71.1 Å². The summed E-state index contributed by atoms with van der Waals surface area (Å²) in [7, 11) is -1.34. The first kappa shape index (κ1) is 9.27. The minimum absolute atomic E-state index is 1.34. The van der Waals surface area contributed by atoms with E-state index in [-0.39, 0.29) is 0 Å². The largest absolute Gasteiger partial charge is 0.544 e. The number of halogens is 1. The van der Waals surface area contributed by atoms with Gasteiger partial charge in [0.25, 0.3) is 0 Å². The van der Waals surface area contributed by atoms with E-state index in [1.165, 1.54) is 0 Å². The quantitative estimate of drug-likeness (QED) is 0.318. The van der Waals surface area contributed by atoms with E-state index in [9.17, 15) is 0 Å². The molecule has 0 aliphatic carbocycles. The van der Waals surface area contributed by atoms with Crippen LogP contribution in [0.25, 0.3) is 0 Å². The third kappa shape index (κ3) is 8.27. The highest BCUT2D eigenvalue weighted by Gasteiger charge is 2.12. The van der Waals surface area contributed by atoms with E-state index in [0.29, 0.717) is 0 Å². The summed E-state index contributed by atoms with van der Waals surface area (Å²) in [6.07, 6.45) is 1.64. The van der Waals surface area contributed by atoms with Crippen molar-refractivity contribution in [3.63, 3.8) is 0 Å². The van der Waals surface area contributed by atoms with Gasteiger partial charge in [-0.2, -0.15) is 0 Å². The van der Waals surface area contributed by atoms with Gasteiger partial charge in [-0.3, -0.25) is 0 Å². The van der Waals surface area contributed by atoms with Crippen LogP contribution in [-0.2, 0) is 4.43 Å². The van der Waals surface area contributed by atoms with Gasteiger partial charge in [-0.15, -0.1) is 0 Å². The van der Waals surface area contributed by atoms with Crippen molar-refractivity contribution in [2.45, 2.75) is 19.6 Å². The van der Waals surface area contributed by atoms with Gasteiger partial charge < -0.3 is 4.43 Å². The lowest BCUT2D eigenvalue weighted by Crippen LogP contribution is -2.21. The zero-order valence-electron chi connectivity index (χ0n) is 5.94. The summed E-state index contributed by atoms with van der Waals surface area (Å²) in [4.78, 5) is 0. The second-order valence-electron chi connectivity index (χ2n) is 2.62. The number of hydrogen-bond donors (Lipinski definition) is 0. The fourth-order valence-electron chi connectivity index (χ4n) is 0.237. The standard InChI is InChI=1S/C6H11IOSi/c1-9(2,3)8-6-4-5-7/h5-6H,1-3H3. The fourth-order valence-corrected chi connectivity index (χ4v) is 0.805. The van der Waals surface area contributed by atoms with Gasteiger partial charge in [0.1, 0.15) is 6.26 Å². The minimum Gasteiger partial charge on any atom is -0.544 e. The van der Waals surface area contributed by atoms with E-state index in [2.05, 4.69) is 48.0 Å². The first-order valence-corrected chi connectivity index (χ1v) is 7.39. The molecule has 0 spiro atoms. The van der Waals surface area contributed by atoms with Gasteiger partial charge in [-0.25, -0.2) is 0 Å². The summed E-state index contributed by atoms with van der Waals surface area (Å²) in [6.45, 7) is 6.41. The normalized spacial score (nSPS) is 9.78. The summed E-state index contributed by atoms with van der Waals surface area (Å²) in [5.41, 5.74) is 2.85. The van der Waals surface area contributed by atoms with E-state index in [4.69, 9.17) is 4.43 Å². The van der Waals surface area contributed by atoms with Gasteiger partial charge in [-0.1, -0.05) is 5.73 Å². The molecule has 0 saturated heterocycles. The Kier molecular flexibility index (Phi) is 4.26. The van der Waals surface area contributed by atoms with Crippen LogP contribution in [0.5, 0.6) is 0 Å². The predicted molar refractivity (Wildman–Crippen MR) is 51.1 cm³/mol. The Balaban J connectivity index is 3.64. The molecule has 0 amide bonds. The molecule has 0 saturated carbocycles. The lowest BCUT2D eigenvalue weighted by Gasteiger charge is -2.13. The molecule has 0 aromatic rings. The van der Waals surface area contributed by atoms with Gasteiger partial charge in [-0.05, 0) is 42.2 Å². The van der Waals surface area contributed by atoms with Gasteiger partial charge >= 0.3 is 0 Å². The third-order valence-corrected chi connectivity index (χ3v) is 1.73. The highest BCUT2D eigenvalue weighted by atomic mass is 127. The predicted octanol–water partition coefficient (Wildman–Crippen LogP) is 2.90. The van der Waals surface area contributed by atoms with E-state index in [0.717, 1.165) is 0 Å². The summed E-state index contributed by atoms with van der Waals surface area (Å²) in [5.74, 6) is 0. The molecule has 0 aromatic heterocycles. The zero-order valence-corrected chi connectivity index (χ0v) is 9.10. The van der Waals surface area contributed by atoms with Gasteiger partial charge in [0, 0.05) is 4.08 Å². The smallest absolute Gasteiger partial charge is 0.242 e. The SMILES string of the molecule is C[Si](C)(C)OC=C=CI. The molecule has 52 valence electrons. The molecule has 0 aromatic carbocycles. The van der Waals surface area contributed by atoms with Crippen LogP contribution in [0.15, 0.2) is 16.1 Å². The van der Waals surface area contributed by atoms with Crippen LogP contribution in [0.1, 0.15) is 0 Å². The summed E-state index contributed by atoms with van der Waals surface area (Å²) in [5, 5.41) is 0. The van der Waals surface area contributed by atoms with Crippen molar-refractivity contribution < 1.29 is 4.43 Å². The van der Waals surface area contributed by atoms with Gasteiger partial charge in [0.05, 0.1) is 0 Å². The Morgan fingerprint density at radius 2 is 2.00 bits per heavy atom. The summed E-state index contributed by atoms with van der Waals surface area (Å²) in [6, 6.07) is 0. The van der Waals surface area contributed by atoms with Crippen molar-refractivity contribution in [2.24, 2.45) is 0 Å². The Bertz CT molecular complexity index is 130. The molecule has 0 heterocycles. The second kappa shape index (κ2) is 4.14. The van der Waals surface area contributed by atoms with Crippen molar-refractivity contribution in [3.8, 4) is 0 Å². The third-order valence-electron chi connectivity index (χ3n) is 0.544. The average molecular weight is 254 g/mol. The molecule has 0 fully saturated rings. The zero-order chi connectivity index (χ0) is 7.33. The van der Waals surface area contributed by atoms with Crippen molar-refractivity contribution in [3.05, 3.63) is 16.1 Å². The lowest BCUT2D eigenvalue weighted by molar-refractivity contribution is 0.481. The van der Waals surface area contributed by atoms with Crippen molar-refractivity contribution in [1.82, 2.24) is 0 Å². The molecule has 0 aliphatic heterocycles. The molecule has 9 heavy (non-hydrogen) atoms. The molecule has 0 rings (SSSR count). The molecule has 0 unspecified atom stereocenters. The van der Waals surface area contributed by atoms with Gasteiger partial charge in [0.2, 0.25) is 8.32 Å². The van der Waals surface area contributed by atoms with Crippen LogP contribution in [0.2, 0.25) is 19.6 Å². The van der Waals surface area contributed by atoms with Crippen molar-refractivity contribution in [1.29, 1.82) is 0 Å². The van der Waals surface area contributed by atoms with Crippen LogP contribution in [0.3, 0.4) is 0 Å². The molecule has 1 nitrogen and oxygen atoms in total. The Morgan fingerprint density at radius 3 is 2.33 bits per heavy atom. The van der Waals surface area contributed by atoms with Gasteiger partial charge in [0.15, 0.2) is 0 Å². The van der Waals surface area contributed by atoms with E-state index in [1.54, 1.807) is 10.3 Å². The maximum atomic E-state index is 5.34. The summed E-state index contributed by atoms with van der Waals surface area (Å²) < 4.78 is 7.14. The van der Waals surface area contributed by atoms with Crippen LogP contribution in [-0.4, -0.2) is 8.32 Å². The first-order valence-electron chi connectivity index (χ1n) is 2.74. The molecular formula is C6H11IOSi. The molecule has 0 atom stereocenters. The van der Waals surface area contributed by atoms with E-state index >= 15 is 0 Å². The fraction of sp³-hybridized carbons (Fsp3) is 0.500. The Hall–Kier alpha value is 0.267. The molecule has 0 N–H and O–H groups in total. The monoisotopic (exact) mass is 254 g/mol. The molecule has 3 heteroatoms. The second-order valence-corrected chi connectivity index (χ2v) is 7.71. The van der Waals surface area contributed by atoms with Crippen LogP contribution in [0.4, 0.5) is 0 Å². The maximum Gasteiger partial charge on any atom is 0.242 e. The summed E-state index contributed by atoms with van der Waals surface area (Å²) >= 11 is 2.11. The molecule has 0 aliphatic rings. The van der Waals surface area contributed by atoms with E-state index < -0.39 is 8.32 Å². The molecular weight excluding hydrogens is 243 g/mol. The van der Waals surface area contributed by atoms with Crippen LogP contribution in [0, 0.1) is 0 Å². The lowest BCUT2D eigenvalue weighted by atomic mass is 11.0.